The predicted octanol–water partition coefficient (Wildman–Crippen LogP) is 5.94. The van der Waals surface area contributed by atoms with E-state index in [0.717, 1.165) is 17.0 Å². The number of carbonyl (C=O) groups excluding carboxylic acids is 1. The van der Waals surface area contributed by atoms with E-state index in [0.29, 0.717) is 41.0 Å². The molecular formula is C29H26FN5O2S. The molecule has 1 N–H and O–H groups in total. The van der Waals surface area contributed by atoms with Crippen LogP contribution in [0.5, 0.6) is 0 Å². The molecule has 0 aliphatic heterocycles. The van der Waals surface area contributed by atoms with Crippen molar-refractivity contribution in [3.63, 3.8) is 0 Å². The van der Waals surface area contributed by atoms with E-state index in [2.05, 4.69) is 39.7 Å². The number of aryl methyl sites for hydroxylation is 2. The Balaban J connectivity index is 1.34. The fourth-order valence-electron chi connectivity index (χ4n) is 4.13. The Morgan fingerprint density at radius 1 is 0.974 bits per heavy atom. The molecule has 0 aliphatic carbocycles. The minimum absolute atomic E-state index is 0.274. The second kappa shape index (κ2) is 11.4. The second-order valence-electron chi connectivity index (χ2n) is 8.76. The quantitative estimate of drug-likeness (QED) is 0.239. The van der Waals surface area contributed by atoms with Crippen molar-refractivity contribution >= 4 is 17.7 Å². The second-order valence-corrected chi connectivity index (χ2v) is 9.70. The molecule has 0 fully saturated rings. The Kier molecular flexibility index (Phi) is 7.65. The first kappa shape index (κ1) is 25.4. The van der Waals surface area contributed by atoms with E-state index in [4.69, 9.17) is 4.52 Å². The zero-order valence-electron chi connectivity index (χ0n) is 21.0. The molecule has 0 radical (unpaired) electrons. The van der Waals surface area contributed by atoms with Crippen molar-refractivity contribution in [1.29, 1.82) is 0 Å². The number of rotatable bonds is 9. The van der Waals surface area contributed by atoms with E-state index >= 15 is 0 Å². The maximum atomic E-state index is 13.7. The summed E-state index contributed by atoms with van der Waals surface area (Å²) < 4.78 is 20.9. The van der Waals surface area contributed by atoms with Crippen molar-refractivity contribution in [2.24, 2.45) is 0 Å². The van der Waals surface area contributed by atoms with E-state index in [1.54, 1.807) is 30.8 Å². The first-order valence-corrected chi connectivity index (χ1v) is 13.2. The number of amides is 1. The summed E-state index contributed by atoms with van der Waals surface area (Å²) in [5, 5.41) is 16.6. The highest BCUT2D eigenvalue weighted by Crippen LogP contribution is 2.27. The number of nitrogens with zero attached hydrogens (tertiary/aromatic N) is 4. The summed E-state index contributed by atoms with van der Waals surface area (Å²) in [5.41, 5.74) is 4.88. The number of halogens is 1. The van der Waals surface area contributed by atoms with Crippen LogP contribution in [-0.2, 0) is 12.2 Å². The molecular weight excluding hydrogens is 501 g/mol. The van der Waals surface area contributed by atoms with E-state index < -0.39 is 0 Å². The summed E-state index contributed by atoms with van der Waals surface area (Å²) in [6.07, 6.45) is 0.423. The third-order valence-electron chi connectivity index (χ3n) is 6.17. The minimum atomic E-state index is -0.317. The standard InChI is InChI=1S/C29H26FN5O2S/c1-19-8-6-7-11-22(19)18-38-29-33-32-25(35(29)24-14-12-23(30)13-15-24)16-17-31-28(36)26-20(2)37-34-27(26)21-9-4-3-5-10-21/h3-15H,16-18H2,1-2H3,(H,31,36). The lowest BCUT2D eigenvalue weighted by atomic mass is 10.1. The summed E-state index contributed by atoms with van der Waals surface area (Å²) in [4.78, 5) is 13.1. The van der Waals surface area contributed by atoms with Crippen LogP contribution in [0.4, 0.5) is 4.39 Å². The van der Waals surface area contributed by atoms with Crippen molar-refractivity contribution in [2.75, 3.05) is 6.54 Å². The maximum absolute atomic E-state index is 13.7. The molecule has 0 spiro atoms. The molecule has 0 atom stereocenters. The first-order valence-electron chi connectivity index (χ1n) is 12.2. The smallest absolute Gasteiger partial charge is 0.257 e. The molecule has 0 bridgehead atoms. The van der Waals surface area contributed by atoms with Crippen LogP contribution in [0.25, 0.3) is 16.9 Å². The van der Waals surface area contributed by atoms with Gasteiger partial charge in [-0.1, -0.05) is 71.5 Å². The van der Waals surface area contributed by atoms with Crippen molar-refractivity contribution in [3.8, 4) is 16.9 Å². The number of thioether (sulfide) groups is 1. The lowest BCUT2D eigenvalue weighted by Crippen LogP contribution is -2.27. The predicted molar refractivity (Wildman–Crippen MR) is 145 cm³/mol. The van der Waals surface area contributed by atoms with Crippen molar-refractivity contribution in [2.45, 2.75) is 31.2 Å². The van der Waals surface area contributed by atoms with E-state index in [1.807, 2.05) is 47.0 Å². The molecule has 2 aromatic heterocycles. The molecule has 9 heteroatoms. The summed E-state index contributed by atoms with van der Waals surface area (Å²) >= 11 is 1.56. The third kappa shape index (κ3) is 5.52. The highest BCUT2D eigenvalue weighted by molar-refractivity contribution is 7.98. The van der Waals surface area contributed by atoms with Gasteiger partial charge in [0.1, 0.15) is 28.7 Å². The van der Waals surface area contributed by atoms with Crippen molar-refractivity contribution < 1.29 is 13.7 Å². The summed E-state index contributed by atoms with van der Waals surface area (Å²) in [6.45, 7) is 4.12. The van der Waals surface area contributed by atoms with Gasteiger partial charge in [-0.05, 0) is 49.2 Å². The van der Waals surface area contributed by atoms with E-state index in [1.165, 1.54) is 23.3 Å². The molecule has 2 heterocycles. The fourth-order valence-corrected chi connectivity index (χ4v) is 5.18. The number of carbonyl (C=O) groups is 1. The summed E-state index contributed by atoms with van der Waals surface area (Å²) in [7, 11) is 0. The van der Waals surface area contributed by atoms with Gasteiger partial charge in [-0.3, -0.25) is 9.36 Å². The SMILES string of the molecule is Cc1ccccc1CSc1nnc(CCNC(=O)c2c(-c3ccccc3)noc2C)n1-c1ccc(F)cc1. The monoisotopic (exact) mass is 527 g/mol. The van der Waals surface area contributed by atoms with Gasteiger partial charge < -0.3 is 9.84 Å². The molecule has 192 valence electrons. The highest BCUT2D eigenvalue weighted by Gasteiger charge is 2.22. The zero-order valence-corrected chi connectivity index (χ0v) is 21.8. The number of nitrogens with one attached hydrogen (secondary N) is 1. The number of aromatic nitrogens is 4. The van der Waals surface area contributed by atoms with Crippen molar-refractivity contribution in [3.05, 3.63) is 113 Å². The maximum Gasteiger partial charge on any atom is 0.257 e. The Morgan fingerprint density at radius 3 is 2.47 bits per heavy atom. The number of hydrogen-bond donors (Lipinski definition) is 1. The van der Waals surface area contributed by atoms with Crippen LogP contribution in [0.2, 0.25) is 0 Å². The molecule has 0 aliphatic rings. The van der Waals surface area contributed by atoms with Gasteiger partial charge in [0.25, 0.3) is 5.91 Å². The zero-order chi connectivity index (χ0) is 26.5. The molecule has 5 aromatic rings. The Morgan fingerprint density at radius 2 is 1.71 bits per heavy atom. The molecule has 1 amide bonds. The Bertz CT molecular complexity index is 1550. The van der Waals surface area contributed by atoms with Crippen LogP contribution in [0.3, 0.4) is 0 Å². The van der Waals surface area contributed by atoms with Gasteiger partial charge in [0.05, 0.1) is 0 Å². The van der Waals surface area contributed by atoms with Gasteiger partial charge in [-0.2, -0.15) is 0 Å². The van der Waals surface area contributed by atoms with Crippen molar-refractivity contribution in [1.82, 2.24) is 25.2 Å². The molecule has 38 heavy (non-hydrogen) atoms. The molecule has 7 nitrogen and oxygen atoms in total. The first-order chi connectivity index (χ1) is 18.5. The molecule has 0 unspecified atom stereocenters. The van der Waals surface area contributed by atoms with Crippen LogP contribution in [0.1, 0.15) is 33.1 Å². The third-order valence-corrected chi connectivity index (χ3v) is 7.15. The largest absolute Gasteiger partial charge is 0.360 e. The van der Waals surface area contributed by atoms with Crippen LogP contribution < -0.4 is 5.32 Å². The van der Waals surface area contributed by atoms with Gasteiger partial charge in [0.2, 0.25) is 0 Å². The fraction of sp³-hybridized carbons (Fsp3) is 0.172. The summed E-state index contributed by atoms with van der Waals surface area (Å²) in [5.74, 6) is 1.24. The van der Waals surface area contributed by atoms with E-state index in [-0.39, 0.29) is 11.7 Å². The number of hydrogen-bond acceptors (Lipinski definition) is 6. The van der Waals surface area contributed by atoms with E-state index in [9.17, 15) is 9.18 Å². The topological polar surface area (TPSA) is 85.8 Å². The van der Waals surface area contributed by atoms with Crippen LogP contribution in [-0.4, -0.2) is 32.4 Å². The van der Waals surface area contributed by atoms with Crippen LogP contribution >= 0.6 is 11.8 Å². The van der Waals surface area contributed by atoms with Gasteiger partial charge in [-0.25, -0.2) is 4.39 Å². The average molecular weight is 528 g/mol. The molecule has 0 saturated heterocycles. The van der Waals surface area contributed by atoms with Crippen LogP contribution in [0.15, 0.2) is 88.5 Å². The summed E-state index contributed by atoms with van der Waals surface area (Å²) in [6, 6.07) is 23.9. The lowest BCUT2D eigenvalue weighted by molar-refractivity contribution is 0.0953. The average Bonchev–Trinajstić information content (AvgIpc) is 3.52. The van der Waals surface area contributed by atoms with Gasteiger partial charge >= 0.3 is 0 Å². The molecule has 0 saturated carbocycles. The highest BCUT2D eigenvalue weighted by atomic mass is 32.2. The number of benzene rings is 3. The lowest BCUT2D eigenvalue weighted by Gasteiger charge is -2.11. The van der Waals surface area contributed by atoms with Gasteiger partial charge in [0.15, 0.2) is 5.16 Å². The Labute approximate surface area is 224 Å². The van der Waals surface area contributed by atoms with Crippen LogP contribution in [0, 0.1) is 19.7 Å². The minimum Gasteiger partial charge on any atom is -0.360 e. The molecule has 5 rings (SSSR count). The Hall–Kier alpha value is -4.24. The van der Waals surface area contributed by atoms with Gasteiger partial charge in [-0.15, -0.1) is 10.2 Å². The normalized spacial score (nSPS) is 11.0. The van der Waals surface area contributed by atoms with Gasteiger partial charge in [0, 0.05) is 30.0 Å². The molecule has 3 aromatic carbocycles.